The molecule has 0 radical (unpaired) electrons. The molecule has 1 saturated heterocycles. The van der Waals surface area contributed by atoms with Gasteiger partial charge in [-0.3, -0.25) is 20.2 Å². The number of nitro benzene ring substituents is 1. The molecular weight excluding hydrogens is 409 g/mol. The van der Waals surface area contributed by atoms with E-state index in [0.29, 0.717) is 37.1 Å². The van der Waals surface area contributed by atoms with Crippen LogP contribution in [0.4, 0.5) is 36.1 Å². The van der Waals surface area contributed by atoms with Crippen molar-refractivity contribution in [2.45, 2.75) is 19.5 Å². The molecule has 30 heavy (non-hydrogen) atoms. The number of hydrogen-bond donors (Lipinski definition) is 0. The minimum absolute atomic E-state index is 0.0750. The van der Waals surface area contributed by atoms with E-state index in [1.54, 1.807) is 23.8 Å². The fraction of sp³-hybridized carbons (Fsp3) is 0.471. The summed E-state index contributed by atoms with van der Waals surface area (Å²) in [6, 6.07) is 2.44. The third-order valence-corrected chi connectivity index (χ3v) is 5.00. The van der Waals surface area contributed by atoms with Crippen molar-refractivity contribution < 1.29 is 23.0 Å². The first kappa shape index (κ1) is 21.3. The zero-order chi connectivity index (χ0) is 22.2. The van der Waals surface area contributed by atoms with Gasteiger partial charge in [-0.2, -0.15) is 18.3 Å². The van der Waals surface area contributed by atoms with Crippen LogP contribution in [0.25, 0.3) is 0 Å². The number of nitro groups is 2. The summed E-state index contributed by atoms with van der Waals surface area (Å²) in [6.45, 7) is 2.84. The largest absolute Gasteiger partial charge is 0.416 e. The molecule has 2 heterocycles. The first-order chi connectivity index (χ1) is 14.0. The topological polar surface area (TPSA) is 111 Å². The lowest BCUT2D eigenvalue weighted by molar-refractivity contribution is -0.384. The Bertz CT molecular complexity index is 983. The molecular formula is C17H19F3N6O4. The van der Waals surface area contributed by atoms with Crippen LogP contribution in [0.5, 0.6) is 0 Å². The highest BCUT2D eigenvalue weighted by Gasteiger charge is 2.35. The van der Waals surface area contributed by atoms with Gasteiger partial charge >= 0.3 is 11.9 Å². The highest BCUT2D eigenvalue weighted by molar-refractivity contribution is 5.67. The van der Waals surface area contributed by atoms with Crippen LogP contribution in [0.2, 0.25) is 0 Å². The van der Waals surface area contributed by atoms with Crippen LogP contribution in [0.3, 0.4) is 0 Å². The Hall–Kier alpha value is -3.38. The Morgan fingerprint density at radius 1 is 1.07 bits per heavy atom. The van der Waals surface area contributed by atoms with Gasteiger partial charge in [0.15, 0.2) is 0 Å². The van der Waals surface area contributed by atoms with Gasteiger partial charge in [0.1, 0.15) is 11.4 Å². The maximum atomic E-state index is 12.9. The number of halogens is 3. The van der Waals surface area contributed by atoms with Gasteiger partial charge in [0.25, 0.3) is 5.69 Å². The molecule has 0 atom stereocenters. The predicted octanol–water partition coefficient (Wildman–Crippen LogP) is 3.14. The van der Waals surface area contributed by atoms with Crippen molar-refractivity contribution in [1.82, 2.24) is 9.78 Å². The van der Waals surface area contributed by atoms with Crippen LogP contribution in [0, 0.1) is 20.2 Å². The van der Waals surface area contributed by atoms with E-state index in [1.165, 1.54) is 4.68 Å². The molecule has 2 aromatic rings. The maximum Gasteiger partial charge on any atom is 0.416 e. The zero-order valence-electron chi connectivity index (χ0n) is 16.2. The molecule has 0 amide bonds. The normalized spacial score (nSPS) is 14.8. The molecule has 0 bridgehead atoms. The molecule has 13 heteroatoms. The Labute approximate surface area is 168 Å². The van der Waals surface area contributed by atoms with Crippen molar-refractivity contribution in [3.8, 4) is 0 Å². The van der Waals surface area contributed by atoms with E-state index in [1.807, 2.05) is 0 Å². The van der Waals surface area contributed by atoms with E-state index >= 15 is 0 Å². The number of aromatic nitrogens is 2. The number of benzene rings is 1. The van der Waals surface area contributed by atoms with Crippen molar-refractivity contribution in [2.75, 3.05) is 36.0 Å². The zero-order valence-corrected chi connectivity index (χ0v) is 16.2. The quantitative estimate of drug-likeness (QED) is 0.531. The third kappa shape index (κ3) is 3.86. The Morgan fingerprint density at radius 3 is 2.17 bits per heavy atom. The van der Waals surface area contributed by atoms with Crippen LogP contribution in [0.15, 0.2) is 18.2 Å². The molecule has 0 saturated carbocycles. The molecule has 1 fully saturated rings. The molecule has 1 aromatic carbocycles. The number of piperazine rings is 1. The minimum Gasteiger partial charge on any atom is -0.362 e. The lowest BCUT2D eigenvalue weighted by Gasteiger charge is -2.36. The summed E-state index contributed by atoms with van der Waals surface area (Å²) in [5, 5.41) is 27.1. The third-order valence-electron chi connectivity index (χ3n) is 5.00. The van der Waals surface area contributed by atoms with Gasteiger partial charge in [-0.1, -0.05) is 6.92 Å². The van der Waals surface area contributed by atoms with E-state index < -0.39 is 27.3 Å². The highest BCUT2D eigenvalue weighted by atomic mass is 19.4. The van der Waals surface area contributed by atoms with Crippen LogP contribution in [0.1, 0.15) is 18.2 Å². The maximum absolute atomic E-state index is 12.9. The Kier molecular flexibility index (Phi) is 5.55. The van der Waals surface area contributed by atoms with E-state index in [2.05, 4.69) is 5.10 Å². The molecule has 1 aliphatic rings. The second kappa shape index (κ2) is 7.80. The van der Waals surface area contributed by atoms with E-state index in [0.717, 1.165) is 12.1 Å². The standard InChI is InChI=1S/C17H19F3N6O4/c1-3-12-15(26(29)30)16(22(2)21-12)24-8-6-23(7-9-24)13-5-4-11(17(18,19)20)10-14(13)25(27)28/h4-5,10H,3,6-9H2,1-2H3. The Morgan fingerprint density at radius 2 is 1.67 bits per heavy atom. The highest BCUT2D eigenvalue weighted by Crippen LogP contribution is 2.38. The minimum atomic E-state index is -4.68. The summed E-state index contributed by atoms with van der Waals surface area (Å²) in [7, 11) is 1.61. The lowest BCUT2D eigenvalue weighted by atomic mass is 10.1. The van der Waals surface area contributed by atoms with Gasteiger partial charge in [0.2, 0.25) is 5.82 Å². The van der Waals surface area contributed by atoms with Crippen molar-refractivity contribution in [1.29, 1.82) is 0 Å². The van der Waals surface area contributed by atoms with Crippen molar-refractivity contribution in [3.05, 3.63) is 49.7 Å². The van der Waals surface area contributed by atoms with Gasteiger partial charge < -0.3 is 9.80 Å². The molecule has 1 aromatic heterocycles. The summed E-state index contributed by atoms with van der Waals surface area (Å²) in [5.74, 6) is 0.346. The molecule has 0 N–H and O–H groups in total. The fourth-order valence-electron chi connectivity index (χ4n) is 3.61. The molecule has 1 aliphatic heterocycles. The van der Waals surface area contributed by atoms with Gasteiger partial charge in [-0.25, -0.2) is 4.68 Å². The van der Waals surface area contributed by atoms with E-state index in [-0.39, 0.29) is 24.5 Å². The monoisotopic (exact) mass is 428 g/mol. The molecule has 3 rings (SSSR count). The van der Waals surface area contributed by atoms with Crippen LogP contribution >= 0.6 is 0 Å². The molecule has 0 unspecified atom stereocenters. The smallest absolute Gasteiger partial charge is 0.362 e. The first-order valence-corrected chi connectivity index (χ1v) is 9.10. The lowest BCUT2D eigenvalue weighted by Crippen LogP contribution is -2.47. The number of rotatable bonds is 5. The number of aryl methyl sites for hydroxylation is 2. The molecule has 0 spiro atoms. The van der Waals surface area contributed by atoms with Crippen LogP contribution < -0.4 is 9.80 Å². The van der Waals surface area contributed by atoms with Crippen molar-refractivity contribution in [3.63, 3.8) is 0 Å². The van der Waals surface area contributed by atoms with Crippen molar-refractivity contribution >= 4 is 22.9 Å². The average Bonchev–Trinajstić information content (AvgIpc) is 3.03. The molecule has 0 aliphatic carbocycles. The summed E-state index contributed by atoms with van der Waals surface area (Å²) in [4.78, 5) is 24.9. The first-order valence-electron chi connectivity index (χ1n) is 9.10. The van der Waals surface area contributed by atoms with Crippen LogP contribution in [-0.4, -0.2) is 45.8 Å². The average molecular weight is 428 g/mol. The predicted molar refractivity (Wildman–Crippen MR) is 102 cm³/mol. The van der Waals surface area contributed by atoms with Gasteiger partial charge in [-0.15, -0.1) is 0 Å². The summed E-state index contributed by atoms with van der Waals surface area (Å²) in [6.07, 6.45) is -4.29. The van der Waals surface area contributed by atoms with Crippen LogP contribution in [-0.2, 0) is 19.6 Å². The number of hydrogen-bond acceptors (Lipinski definition) is 7. The van der Waals surface area contributed by atoms with E-state index in [9.17, 15) is 33.4 Å². The summed E-state index contributed by atoms with van der Waals surface area (Å²) >= 11 is 0. The Balaban J connectivity index is 1.86. The van der Waals surface area contributed by atoms with Gasteiger partial charge in [0, 0.05) is 39.3 Å². The second-order valence-corrected chi connectivity index (χ2v) is 6.79. The number of nitrogens with zero attached hydrogens (tertiary/aromatic N) is 6. The van der Waals surface area contributed by atoms with Crippen molar-refractivity contribution in [2.24, 2.45) is 7.05 Å². The second-order valence-electron chi connectivity index (χ2n) is 6.79. The summed E-state index contributed by atoms with van der Waals surface area (Å²) < 4.78 is 40.2. The fourth-order valence-corrected chi connectivity index (χ4v) is 3.61. The molecule has 10 nitrogen and oxygen atoms in total. The number of alkyl halides is 3. The SMILES string of the molecule is CCc1nn(C)c(N2CCN(c3ccc(C(F)(F)F)cc3[N+](=O)[O-])CC2)c1[N+](=O)[O-]. The number of anilines is 2. The molecule has 162 valence electrons. The van der Waals surface area contributed by atoms with E-state index in [4.69, 9.17) is 0 Å². The van der Waals surface area contributed by atoms with Gasteiger partial charge in [-0.05, 0) is 18.6 Å². The summed E-state index contributed by atoms with van der Waals surface area (Å²) in [5.41, 5.74) is -1.35. The van der Waals surface area contributed by atoms with Gasteiger partial charge in [0.05, 0.1) is 15.4 Å².